The van der Waals surface area contributed by atoms with Crippen LogP contribution in [0.25, 0.3) is 0 Å². The molecule has 0 aromatic heterocycles. The Morgan fingerprint density at radius 3 is 2.42 bits per heavy atom. The van der Waals surface area contributed by atoms with Crippen molar-refractivity contribution in [2.45, 2.75) is 32.6 Å². The van der Waals surface area contributed by atoms with Crippen molar-refractivity contribution in [1.29, 1.82) is 0 Å². The van der Waals surface area contributed by atoms with Gasteiger partial charge in [0.15, 0.2) is 5.72 Å². The smallest absolute Gasteiger partial charge is 0.166 e. The molecule has 2 aliphatic heterocycles. The van der Waals surface area contributed by atoms with Crippen LogP contribution in [0.15, 0.2) is 0 Å². The van der Waals surface area contributed by atoms with Gasteiger partial charge in [0.25, 0.3) is 0 Å². The van der Waals surface area contributed by atoms with E-state index in [0.717, 1.165) is 6.54 Å². The molecule has 0 aromatic rings. The van der Waals surface area contributed by atoms with Crippen molar-refractivity contribution >= 4 is 0 Å². The van der Waals surface area contributed by atoms with Gasteiger partial charge >= 0.3 is 0 Å². The van der Waals surface area contributed by atoms with Crippen molar-refractivity contribution in [2.24, 2.45) is 5.41 Å². The van der Waals surface area contributed by atoms with Crippen molar-refractivity contribution in [3.63, 3.8) is 0 Å². The highest BCUT2D eigenvalue weighted by Gasteiger charge is 2.48. The molecule has 2 rings (SSSR count). The molecular formula is C9H17NO2. The van der Waals surface area contributed by atoms with Gasteiger partial charge in [-0.1, -0.05) is 13.8 Å². The molecule has 12 heavy (non-hydrogen) atoms. The summed E-state index contributed by atoms with van der Waals surface area (Å²) in [7, 11) is 0. The number of nitrogens with one attached hydrogen (secondary N) is 1. The third-order valence-electron chi connectivity index (χ3n) is 3.04. The van der Waals surface area contributed by atoms with E-state index in [1.807, 2.05) is 0 Å². The summed E-state index contributed by atoms with van der Waals surface area (Å²) in [6.45, 7) is 8.99. The van der Waals surface area contributed by atoms with Gasteiger partial charge in [0.1, 0.15) is 0 Å². The lowest BCUT2D eigenvalue weighted by Crippen LogP contribution is -2.69. The van der Waals surface area contributed by atoms with E-state index in [2.05, 4.69) is 26.1 Å². The molecule has 0 aromatic carbocycles. The zero-order chi connectivity index (χ0) is 8.82. The summed E-state index contributed by atoms with van der Waals surface area (Å²) in [4.78, 5) is 0. The number of ether oxygens (including phenoxy) is 2. The highest BCUT2D eigenvalue weighted by molar-refractivity contribution is 4.95. The molecule has 2 aliphatic rings. The van der Waals surface area contributed by atoms with Gasteiger partial charge < -0.3 is 9.47 Å². The minimum Gasteiger partial charge on any atom is -0.372 e. The second-order valence-corrected chi connectivity index (χ2v) is 4.59. The number of rotatable bonds is 0. The Kier molecular flexibility index (Phi) is 1.72. The van der Waals surface area contributed by atoms with Crippen LogP contribution in [0.3, 0.4) is 0 Å². The zero-order valence-corrected chi connectivity index (χ0v) is 8.02. The fourth-order valence-corrected chi connectivity index (χ4v) is 1.53. The molecule has 0 bridgehead atoms. The maximum atomic E-state index is 5.89. The van der Waals surface area contributed by atoms with Gasteiger partial charge in [0.2, 0.25) is 0 Å². The van der Waals surface area contributed by atoms with Crippen molar-refractivity contribution in [3.05, 3.63) is 0 Å². The second-order valence-electron chi connectivity index (χ2n) is 4.59. The van der Waals surface area contributed by atoms with E-state index in [9.17, 15) is 0 Å². The van der Waals surface area contributed by atoms with Gasteiger partial charge in [-0.3, -0.25) is 5.32 Å². The normalized spacial score (nSPS) is 37.8. The summed E-state index contributed by atoms with van der Waals surface area (Å²) in [6.07, 6.45) is 0.308. The molecular weight excluding hydrogens is 154 g/mol. The predicted octanol–water partition coefficient (Wildman–Crippen LogP) is 0.747. The highest BCUT2D eigenvalue weighted by atomic mass is 16.6. The van der Waals surface area contributed by atoms with Gasteiger partial charge in [-0.05, 0) is 6.92 Å². The molecule has 2 saturated heterocycles. The summed E-state index contributed by atoms with van der Waals surface area (Å²) >= 11 is 0. The fourth-order valence-electron chi connectivity index (χ4n) is 1.53. The van der Waals surface area contributed by atoms with Gasteiger partial charge in [-0.15, -0.1) is 0 Å². The minimum atomic E-state index is -0.144. The Morgan fingerprint density at radius 1 is 1.33 bits per heavy atom. The van der Waals surface area contributed by atoms with E-state index in [-0.39, 0.29) is 11.1 Å². The molecule has 0 amide bonds. The van der Waals surface area contributed by atoms with Crippen molar-refractivity contribution in [1.82, 2.24) is 5.32 Å². The van der Waals surface area contributed by atoms with Crippen LogP contribution in [-0.4, -0.2) is 31.6 Å². The Hall–Kier alpha value is -0.120. The van der Waals surface area contributed by atoms with Gasteiger partial charge in [0.05, 0.1) is 19.3 Å². The Balaban J connectivity index is 2.03. The monoisotopic (exact) mass is 171 g/mol. The van der Waals surface area contributed by atoms with Gasteiger partial charge in [0, 0.05) is 12.0 Å². The molecule has 2 heterocycles. The SMILES string of the molecule is CC1OC2(COC2)NCC1(C)C. The van der Waals surface area contributed by atoms with E-state index < -0.39 is 0 Å². The topological polar surface area (TPSA) is 30.5 Å². The van der Waals surface area contributed by atoms with Crippen molar-refractivity contribution in [3.8, 4) is 0 Å². The lowest BCUT2D eigenvalue weighted by atomic mass is 9.84. The largest absolute Gasteiger partial charge is 0.372 e. The second kappa shape index (κ2) is 2.44. The fraction of sp³-hybridized carbons (Fsp3) is 1.00. The van der Waals surface area contributed by atoms with Crippen LogP contribution in [0.4, 0.5) is 0 Å². The van der Waals surface area contributed by atoms with Crippen LogP contribution in [0, 0.1) is 5.41 Å². The van der Waals surface area contributed by atoms with E-state index in [1.54, 1.807) is 0 Å². The van der Waals surface area contributed by atoms with E-state index in [0.29, 0.717) is 19.3 Å². The zero-order valence-electron chi connectivity index (χ0n) is 8.02. The Morgan fingerprint density at radius 2 is 2.00 bits per heavy atom. The van der Waals surface area contributed by atoms with Crippen LogP contribution in [0.2, 0.25) is 0 Å². The Bertz CT molecular complexity index is 187. The first-order chi connectivity index (χ1) is 5.54. The summed E-state index contributed by atoms with van der Waals surface area (Å²) in [5.41, 5.74) is 0.0930. The first-order valence-corrected chi connectivity index (χ1v) is 4.55. The third kappa shape index (κ3) is 1.16. The van der Waals surface area contributed by atoms with Crippen LogP contribution in [0.5, 0.6) is 0 Å². The van der Waals surface area contributed by atoms with Crippen molar-refractivity contribution in [2.75, 3.05) is 19.8 Å². The van der Waals surface area contributed by atoms with E-state index in [1.165, 1.54) is 0 Å². The molecule has 3 nitrogen and oxygen atoms in total. The molecule has 0 aliphatic carbocycles. The summed E-state index contributed by atoms with van der Waals surface area (Å²) in [6, 6.07) is 0. The first-order valence-electron chi connectivity index (χ1n) is 4.55. The molecule has 1 atom stereocenters. The number of hydrogen-bond donors (Lipinski definition) is 1. The lowest BCUT2D eigenvalue weighted by molar-refractivity contribution is -0.281. The molecule has 3 heteroatoms. The molecule has 70 valence electrons. The third-order valence-corrected chi connectivity index (χ3v) is 3.04. The summed E-state index contributed by atoms with van der Waals surface area (Å²) in [5, 5.41) is 3.41. The lowest BCUT2D eigenvalue weighted by Gasteiger charge is -2.52. The maximum Gasteiger partial charge on any atom is 0.166 e. The molecule has 1 N–H and O–H groups in total. The standard InChI is InChI=1S/C9H17NO2/c1-7-8(2,3)4-10-9(12-7)5-11-6-9/h7,10H,4-6H2,1-3H3. The predicted molar refractivity (Wildman–Crippen MR) is 45.9 cm³/mol. The van der Waals surface area contributed by atoms with E-state index >= 15 is 0 Å². The maximum absolute atomic E-state index is 5.89. The molecule has 1 spiro atoms. The average molecular weight is 171 g/mol. The van der Waals surface area contributed by atoms with Crippen molar-refractivity contribution < 1.29 is 9.47 Å². The summed E-state index contributed by atoms with van der Waals surface area (Å²) < 4.78 is 11.0. The van der Waals surface area contributed by atoms with E-state index in [4.69, 9.17) is 9.47 Å². The van der Waals surface area contributed by atoms with Gasteiger partial charge in [-0.2, -0.15) is 0 Å². The molecule has 2 fully saturated rings. The quantitative estimate of drug-likeness (QED) is 0.583. The van der Waals surface area contributed by atoms with Crippen LogP contribution in [-0.2, 0) is 9.47 Å². The average Bonchev–Trinajstić information content (AvgIpc) is 1.92. The van der Waals surface area contributed by atoms with Crippen LogP contribution >= 0.6 is 0 Å². The molecule has 1 unspecified atom stereocenters. The first kappa shape index (κ1) is 8.48. The minimum absolute atomic E-state index is 0.144. The molecule has 0 saturated carbocycles. The van der Waals surface area contributed by atoms with Crippen LogP contribution in [0.1, 0.15) is 20.8 Å². The summed E-state index contributed by atoms with van der Waals surface area (Å²) in [5.74, 6) is 0. The Labute approximate surface area is 73.4 Å². The highest BCUT2D eigenvalue weighted by Crippen LogP contribution is 2.34. The molecule has 0 radical (unpaired) electrons. The van der Waals surface area contributed by atoms with Gasteiger partial charge in [-0.25, -0.2) is 0 Å². The van der Waals surface area contributed by atoms with Crippen LogP contribution < -0.4 is 5.32 Å². The number of hydrogen-bond acceptors (Lipinski definition) is 3.